The molecule has 1 amide bonds. The van der Waals surface area contributed by atoms with Crippen LogP contribution in [0.2, 0.25) is 0 Å². The van der Waals surface area contributed by atoms with Gasteiger partial charge in [-0.05, 0) is 56.0 Å². The molecule has 0 spiro atoms. The zero-order valence-electron chi connectivity index (χ0n) is 21.0. The van der Waals surface area contributed by atoms with Gasteiger partial charge in [-0.25, -0.2) is 13.9 Å². The van der Waals surface area contributed by atoms with Gasteiger partial charge in [-0.1, -0.05) is 6.07 Å². The normalized spacial score (nSPS) is 13.5. The molecule has 1 aliphatic carbocycles. The number of benzene rings is 2. The summed E-state index contributed by atoms with van der Waals surface area (Å²) in [7, 11) is 0. The second-order valence-electron chi connectivity index (χ2n) is 9.48. The number of anilines is 2. The molecule has 2 heterocycles. The molecule has 8 nitrogen and oxygen atoms in total. The molecular formula is C27H26F4N6O2. The lowest BCUT2D eigenvalue weighted by Crippen LogP contribution is -2.26. The van der Waals surface area contributed by atoms with Crippen LogP contribution in [0.15, 0.2) is 48.7 Å². The monoisotopic (exact) mass is 542 g/mol. The Hall–Kier alpha value is -4.35. The number of halogens is 4. The van der Waals surface area contributed by atoms with Gasteiger partial charge in [-0.2, -0.15) is 13.2 Å². The van der Waals surface area contributed by atoms with Crippen LogP contribution in [0.5, 0.6) is 11.6 Å². The van der Waals surface area contributed by atoms with Gasteiger partial charge in [-0.15, -0.1) is 5.10 Å². The number of nitrogen functional groups attached to an aromatic ring is 1. The second-order valence-corrected chi connectivity index (χ2v) is 9.48. The van der Waals surface area contributed by atoms with Crippen LogP contribution in [0.3, 0.4) is 0 Å². The minimum Gasteiger partial charge on any atom is -0.435 e. The molecule has 0 bridgehead atoms. The fourth-order valence-electron chi connectivity index (χ4n) is 4.13. The molecule has 204 valence electrons. The summed E-state index contributed by atoms with van der Waals surface area (Å²) >= 11 is 0. The molecule has 0 saturated heterocycles. The third-order valence-corrected chi connectivity index (χ3v) is 6.26. The number of ether oxygens (including phenoxy) is 1. The lowest BCUT2D eigenvalue weighted by atomic mass is 10.0. The fourth-order valence-corrected chi connectivity index (χ4v) is 4.13. The van der Waals surface area contributed by atoms with E-state index in [9.17, 15) is 22.4 Å². The number of imidazole rings is 1. The molecule has 4 aromatic rings. The highest BCUT2D eigenvalue weighted by Gasteiger charge is 2.26. The molecule has 1 fully saturated rings. The average molecular weight is 543 g/mol. The third kappa shape index (κ3) is 6.21. The van der Waals surface area contributed by atoms with Crippen LogP contribution in [-0.2, 0) is 0 Å². The fraction of sp³-hybridized carbons (Fsp3) is 0.296. The first-order valence-electron chi connectivity index (χ1n) is 12.4. The maximum Gasteiger partial charge on any atom is 0.389 e. The number of carbonyl (C=O) groups is 1. The number of amides is 1. The molecule has 12 heteroatoms. The predicted molar refractivity (Wildman–Crippen MR) is 138 cm³/mol. The van der Waals surface area contributed by atoms with Gasteiger partial charge in [0.1, 0.15) is 5.82 Å². The Morgan fingerprint density at radius 3 is 2.67 bits per heavy atom. The van der Waals surface area contributed by atoms with E-state index in [0.29, 0.717) is 22.6 Å². The van der Waals surface area contributed by atoms with E-state index in [-0.39, 0.29) is 42.2 Å². The first-order chi connectivity index (χ1) is 18.6. The van der Waals surface area contributed by atoms with E-state index in [4.69, 9.17) is 10.5 Å². The Bertz CT molecular complexity index is 1530. The van der Waals surface area contributed by atoms with Crippen molar-refractivity contribution in [3.05, 3.63) is 65.6 Å². The highest BCUT2D eigenvalue weighted by molar-refractivity contribution is 5.96. The summed E-state index contributed by atoms with van der Waals surface area (Å²) < 4.78 is 58.7. The number of carbonyl (C=O) groups excluding carboxylic acids is 1. The Balaban J connectivity index is 1.49. The van der Waals surface area contributed by atoms with Crippen LogP contribution in [0.1, 0.15) is 41.6 Å². The molecule has 5 rings (SSSR count). The van der Waals surface area contributed by atoms with Gasteiger partial charge in [0.15, 0.2) is 11.4 Å². The van der Waals surface area contributed by atoms with Crippen LogP contribution in [0.25, 0.3) is 16.9 Å². The van der Waals surface area contributed by atoms with Crippen LogP contribution in [-0.4, -0.2) is 39.3 Å². The van der Waals surface area contributed by atoms with Gasteiger partial charge in [0.05, 0.1) is 23.3 Å². The van der Waals surface area contributed by atoms with Gasteiger partial charge in [-0.3, -0.25) is 4.79 Å². The van der Waals surface area contributed by atoms with Crippen molar-refractivity contribution in [2.45, 2.75) is 44.8 Å². The molecule has 0 unspecified atom stereocenters. The van der Waals surface area contributed by atoms with Gasteiger partial charge in [0.2, 0.25) is 5.88 Å². The van der Waals surface area contributed by atoms with Crippen molar-refractivity contribution in [2.75, 3.05) is 17.6 Å². The number of nitrogens with two attached hydrogens (primary N) is 1. The van der Waals surface area contributed by atoms with E-state index < -0.39 is 18.4 Å². The molecule has 1 saturated carbocycles. The number of aryl methyl sites for hydroxylation is 1. The summed E-state index contributed by atoms with van der Waals surface area (Å²) in [6.07, 6.45) is -1.79. The molecule has 39 heavy (non-hydrogen) atoms. The maximum atomic E-state index is 13.5. The van der Waals surface area contributed by atoms with Gasteiger partial charge < -0.3 is 21.1 Å². The standard InChI is InChI=1S/C27H26F4N6O2/c1-15-11-16(3-7-19(15)26(38)35-18-5-6-18)22-14-34-25-21(33-10-2-9-27(29,30)31)13-24(36-37(22)25)39-23-8-4-17(28)12-20(23)32/h3-4,7-8,11-14,18,33H,2,5-6,9-10,32H2,1H3,(H,35,38). The predicted octanol–water partition coefficient (Wildman–Crippen LogP) is 5.86. The number of nitrogens with one attached hydrogen (secondary N) is 2. The van der Waals surface area contributed by atoms with Gasteiger partial charge in [0.25, 0.3) is 5.91 Å². The molecule has 4 N–H and O–H groups in total. The van der Waals surface area contributed by atoms with Crippen molar-refractivity contribution in [1.29, 1.82) is 0 Å². The van der Waals surface area contributed by atoms with E-state index >= 15 is 0 Å². The van der Waals surface area contributed by atoms with E-state index in [1.165, 1.54) is 22.7 Å². The number of fused-ring (bicyclic) bond motifs is 1. The van der Waals surface area contributed by atoms with Crippen LogP contribution in [0.4, 0.5) is 28.9 Å². The van der Waals surface area contributed by atoms with Crippen LogP contribution >= 0.6 is 0 Å². The number of rotatable bonds is 9. The quantitative estimate of drug-likeness (QED) is 0.139. The van der Waals surface area contributed by atoms with Crippen molar-refractivity contribution in [2.24, 2.45) is 0 Å². The van der Waals surface area contributed by atoms with Gasteiger partial charge in [0, 0.05) is 42.3 Å². The van der Waals surface area contributed by atoms with Crippen molar-refractivity contribution in [3.8, 4) is 22.9 Å². The Kier molecular flexibility index (Phi) is 7.02. The lowest BCUT2D eigenvalue weighted by Gasteiger charge is -2.13. The van der Waals surface area contributed by atoms with Gasteiger partial charge >= 0.3 is 6.18 Å². The van der Waals surface area contributed by atoms with Crippen molar-refractivity contribution >= 4 is 22.9 Å². The summed E-state index contributed by atoms with van der Waals surface area (Å²) in [5.41, 5.74) is 9.31. The molecule has 1 aliphatic rings. The van der Waals surface area contributed by atoms with Crippen molar-refractivity contribution < 1.29 is 27.1 Å². The Morgan fingerprint density at radius 2 is 1.97 bits per heavy atom. The minimum absolute atomic E-state index is 0.0312. The van der Waals surface area contributed by atoms with Crippen LogP contribution < -0.4 is 21.1 Å². The third-order valence-electron chi connectivity index (χ3n) is 6.26. The Morgan fingerprint density at radius 1 is 1.18 bits per heavy atom. The lowest BCUT2D eigenvalue weighted by molar-refractivity contribution is -0.134. The summed E-state index contributed by atoms with van der Waals surface area (Å²) in [5.74, 6) is -0.433. The topological polar surface area (TPSA) is 107 Å². The van der Waals surface area contributed by atoms with Crippen molar-refractivity contribution in [1.82, 2.24) is 19.9 Å². The number of nitrogens with zero attached hydrogens (tertiary/aromatic N) is 3. The summed E-state index contributed by atoms with van der Waals surface area (Å²) in [4.78, 5) is 17.0. The molecule has 0 radical (unpaired) electrons. The Labute approximate surface area is 221 Å². The number of hydrogen-bond acceptors (Lipinski definition) is 6. The first kappa shape index (κ1) is 26.3. The van der Waals surface area contributed by atoms with Crippen LogP contribution in [0, 0.1) is 12.7 Å². The molecular weight excluding hydrogens is 516 g/mol. The molecule has 0 atom stereocenters. The zero-order chi connectivity index (χ0) is 27.7. The highest BCUT2D eigenvalue weighted by Crippen LogP contribution is 2.32. The highest BCUT2D eigenvalue weighted by atomic mass is 19.4. The summed E-state index contributed by atoms with van der Waals surface area (Å²) in [5, 5.41) is 10.5. The molecule has 0 aliphatic heterocycles. The van der Waals surface area contributed by atoms with E-state index in [2.05, 4.69) is 20.7 Å². The smallest absolute Gasteiger partial charge is 0.389 e. The first-order valence-corrected chi connectivity index (χ1v) is 12.4. The summed E-state index contributed by atoms with van der Waals surface area (Å²) in [6.45, 7) is 1.87. The number of hydrogen-bond donors (Lipinski definition) is 3. The van der Waals surface area contributed by atoms with E-state index in [1.807, 2.05) is 13.0 Å². The molecule has 2 aromatic heterocycles. The number of alkyl halides is 3. The van der Waals surface area contributed by atoms with Crippen molar-refractivity contribution in [3.63, 3.8) is 0 Å². The largest absolute Gasteiger partial charge is 0.435 e. The average Bonchev–Trinajstić information content (AvgIpc) is 3.58. The zero-order valence-corrected chi connectivity index (χ0v) is 21.0. The maximum absolute atomic E-state index is 13.5. The minimum atomic E-state index is -4.26. The summed E-state index contributed by atoms with van der Waals surface area (Å²) in [6, 6.07) is 10.7. The SMILES string of the molecule is Cc1cc(-c2cnc3c(NCCCC(F)(F)F)cc(Oc4ccc(F)cc4N)nn23)ccc1C(=O)NC1CC1. The van der Waals surface area contributed by atoms with E-state index in [0.717, 1.165) is 30.0 Å². The van der Waals surface area contributed by atoms with E-state index in [1.54, 1.807) is 18.3 Å². The number of aromatic nitrogens is 3. The molecule has 2 aromatic carbocycles. The second kappa shape index (κ2) is 10.4.